The molecule has 0 spiro atoms. The molecule has 2 aromatic rings. The van der Waals surface area contributed by atoms with Crippen molar-refractivity contribution >= 4 is 16.9 Å². The van der Waals surface area contributed by atoms with E-state index in [-0.39, 0.29) is 0 Å². The third kappa shape index (κ3) is 2.96. The van der Waals surface area contributed by atoms with Gasteiger partial charge in [-0.3, -0.25) is 4.98 Å². The first-order valence-electron chi connectivity index (χ1n) is 6.46. The second-order valence-electron chi connectivity index (χ2n) is 4.31. The third-order valence-electron chi connectivity index (χ3n) is 2.89. The smallest absolute Gasteiger partial charge is 0.147 e. The van der Waals surface area contributed by atoms with Crippen molar-refractivity contribution in [1.82, 2.24) is 15.3 Å². The largest absolute Gasteiger partial charge is 0.354 e. The summed E-state index contributed by atoms with van der Waals surface area (Å²) in [5.41, 5.74) is 1.91. The molecule has 1 aromatic heterocycles. The Bertz CT molecular complexity index is 498. The zero-order valence-electron chi connectivity index (χ0n) is 11.1. The van der Waals surface area contributed by atoms with Gasteiger partial charge >= 0.3 is 0 Å². The highest BCUT2D eigenvalue weighted by atomic mass is 15.2. The molecule has 0 radical (unpaired) electrons. The lowest BCUT2D eigenvalue weighted by Gasteiger charge is -2.22. The molecule has 0 fully saturated rings. The number of hydrogen-bond donors (Lipinski definition) is 1. The van der Waals surface area contributed by atoms with Crippen LogP contribution in [-0.4, -0.2) is 36.6 Å². The number of benzene rings is 1. The van der Waals surface area contributed by atoms with Crippen molar-refractivity contribution in [3.8, 4) is 0 Å². The number of nitrogens with zero attached hydrogens (tertiary/aromatic N) is 3. The van der Waals surface area contributed by atoms with E-state index in [9.17, 15) is 0 Å². The average Bonchev–Trinajstić information content (AvgIpc) is 2.43. The molecule has 0 amide bonds. The lowest BCUT2D eigenvalue weighted by Crippen LogP contribution is -2.32. The molecule has 0 atom stereocenters. The molecule has 1 aromatic carbocycles. The maximum Gasteiger partial charge on any atom is 0.147 e. The summed E-state index contributed by atoms with van der Waals surface area (Å²) in [7, 11) is 1.97. The van der Waals surface area contributed by atoms with Gasteiger partial charge in [0.2, 0.25) is 0 Å². The van der Waals surface area contributed by atoms with Crippen molar-refractivity contribution in [3.63, 3.8) is 0 Å². The van der Waals surface area contributed by atoms with Crippen LogP contribution in [0.2, 0.25) is 0 Å². The minimum absolute atomic E-state index is 0.950. The summed E-state index contributed by atoms with van der Waals surface area (Å²) >= 11 is 0. The lowest BCUT2D eigenvalue weighted by atomic mass is 10.3. The van der Waals surface area contributed by atoms with Crippen molar-refractivity contribution in [3.05, 3.63) is 30.5 Å². The van der Waals surface area contributed by atoms with E-state index in [1.807, 2.05) is 37.5 Å². The first-order chi connectivity index (χ1) is 8.85. The molecule has 0 unspecified atom stereocenters. The van der Waals surface area contributed by atoms with E-state index in [1.54, 1.807) is 0 Å². The van der Waals surface area contributed by atoms with Gasteiger partial charge in [0.05, 0.1) is 17.2 Å². The Morgan fingerprint density at radius 1 is 1.17 bits per heavy atom. The minimum Gasteiger partial charge on any atom is -0.354 e. The molecule has 0 aliphatic heterocycles. The van der Waals surface area contributed by atoms with E-state index in [1.165, 1.54) is 0 Å². The van der Waals surface area contributed by atoms with E-state index in [0.29, 0.717) is 0 Å². The number of anilines is 1. The third-order valence-corrected chi connectivity index (χ3v) is 2.89. The average molecular weight is 244 g/mol. The number of likely N-dealkylation sites (N-methyl/N-ethyl adjacent to an activating group) is 1. The van der Waals surface area contributed by atoms with Gasteiger partial charge in [-0.2, -0.15) is 0 Å². The maximum absolute atomic E-state index is 4.68. The summed E-state index contributed by atoms with van der Waals surface area (Å²) in [4.78, 5) is 11.4. The van der Waals surface area contributed by atoms with Crippen molar-refractivity contribution in [2.75, 3.05) is 31.6 Å². The predicted octanol–water partition coefficient (Wildman–Crippen LogP) is 2.07. The fourth-order valence-electron chi connectivity index (χ4n) is 1.96. The number of hydrogen-bond acceptors (Lipinski definition) is 4. The molecular weight excluding hydrogens is 224 g/mol. The van der Waals surface area contributed by atoms with Gasteiger partial charge in [-0.05, 0) is 25.6 Å². The Balaban J connectivity index is 2.25. The Labute approximate surface area is 108 Å². The Kier molecular flexibility index (Phi) is 4.47. The lowest BCUT2D eigenvalue weighted by molar-refractivity contribution is 0.702. The zero-order valence-corrected chi connectivity index (χ0v) is 11.1. The molecule has 1 N–H and O–H groups in total. The van der Waals surface area contributed by atoms with Crippen molar-refractivity contribution in [2.45, 2.75) is 13.3 Å². The van der Waals surface area contributed by atoms with Crippen molar-refractivity contribution < 1.29 is 0 Å². The van der Waals surface area contributed by atoms with Crippen molar-refractivity contribution in [1.29, 1.82) is 0 Å². The zero-order chi connectivity index (χ0) is 12.8. The fourth-order valence-corrected chi connectivity index (χ4v) is 1.96. The van der Waals surface area contributed by atoms with E-state index < -0.39 is 0 Å². The fraction of sp³-hybridized carbons (Fsp3) is 0.429. The molecule has 18 heavy (non-hydrogen) atoms. The first kappa shape index (κ1) is 12.8. The molecule has 4 heteroatoms. The number of rotatable bonds is 6. The highest BCUT2D eigenvalue weighted by Gasteiger charge is 2.07. The highest BCUT2D eigenvalue weighted by molar-refractivity contribution is 5.75. The Morgan fingerprint density at radius 3 is 2.67 bits per heavy atom. The van der Waals surface area contributed by atoms with E-state index in [4.69, 9.17) is 0 Å². The van der Waals surface area contributed by atoms with Crippen LogP contribution in [0.25, 0.3) is 11.0 Å². The molecule has 0 aliphatic rings. The molecule has 2 rings (SSSR count). The van der Waals surface area contributed by atoms with Gasteiger partial charge in [0.25, 0.3) is 0 Å². The monoisotopic (exact) mass is 244 g/mol. The maximum atomic E-state index is 4.68. The molecule has 96 valence electrons. The second-order valence-corrected chi connectivity index (χ2v) is 4.31. The topological polar surface area (TPSA) is 41.0 Å². The van der Waals surface area contributed by atoms with Crippen LogP contribution in [0.1, 0.15) is 13.3 Å². The van der Waals surface area contributed by atoms with Crippen LogP contribution in [0.15, 0.2) is 30.5 Å². The molecule has 4 nitrogen and oxygen atoms in total. The summed E-state index contributed by atoms with van der Waals surface area (Å²) in [6.45, 7) is 5.10. The standard InChI is InChI=1S/C14H20N4/c1-3-9-18(10-8-15-2)14-11-16-12-6-4-5-7-13(12)17-14/h4-7,11,15H,3,8-10H2,1-2H3. The summed E-state index contributed by atoms with van der Waals surface area (Å²) < 4.78 is 0. The van der Waals surface area contributed by atoms with E-state index >= 15 is 0 Å². The summed E-state index contributed by atoms with van der Waals surface area (Å²) in [6.07, 6.45) is 2.98. The van der Waals surface area contributed by atoms with Crippen LogP contribution in [0.5, 0.6) is 0 Å². The number of aromatic nitrogens is 2. The van der Waals surface area contributed by atoms with E-state index in [2.05, 4.69) is 27.1 Å². The Morgan fingerprint density at radius 2 is 1.94 bits per heavy atom. The Hall–Kier alpha value is -1.68. The van der Waals surface area contributed by atoms with Crippen molar-refractivity contribution in [2.24, 2.45) is 0 Å². The molecule has 1 heterocycles. The number of para-hydroxylation sites is 2. The highest BCUT2D eigenvalue weighted by Crippen LogP contribution is 2.15. The van der Waals surface area contributed by atoms with Crippen LogP contribution in [0.4, 0.5) is 5.82 Å². The minimum atomic E-state index is 0.950. The van der Waals surface area contributed by atoms with Crippen LogP contribution in [0.3, 0.4) is 0 Å². The predicted molar refractivity (Wildman–Crippen MR) is 76.0 cm³/mol. The molecule has 0 saturated heterocycles. The molecule has 0 aliphatic carbocycles. The summed E-state index contributed by atoms with van der Waals surface area (Å²) in [6, 6.07) is 7.98. The van der Waals surface area contributed by atoms with Crippen LogP contribution < -0.4 is 10.2 Å². The van der Waals surface area contributed by atoms with Gasteiger partial charge in [-0.25, -0.2) is 4.98 Å². The van der Waals surface area contributed by atoms with Gasteiger partial charge in [0.15, 0.2) is 0 Å². The summed E-state index contributed by atoms with van der Waals surface area (Å²) in [5, 5.41) is 3.17. The quantitative estimate of drug-likeness (QED) is 0.844. The first-order valence-corrected chi connectivity index (χ1v) is 6.46. The van der Waals surface area contributed by atoms with Gasteiger partial charge in [-0.15, -0.1) is 0 Å². The van der Waals surface area contributed by atoms with Gasteiger partial charge in [-0.1, -0.05) is 19.1 Å². The van der Waals surface area contributed by atoms with Gasteiger partial charge in [0.1, 0.15) is 5.82 Å². The van der Waals surface area contributed by atoms with Crippen LogP contribution in [-0.2, 0) is 0 Å². The molecular formula is C14H20N4. The summed E-state index contributed by atoms with van der Waals surface area (Å²) in [5.74, 6) is 0.964. The van der Waals surface area contributed by atoms with E-state index in [0.717, 1.165) is 42.9 Å². The van der Waals surface area contributed by atoms with Gasteiger partial charge < -0.3 is 10.2 Å². The SMILES string of the molecule is CCCN(CCNC)c1cnc2ccccc2n1. The normalized spacial score (nSPS) is 10.8. The van der Waals surface area contributed by atoms with Gasteiger partial charge in [0, 0.05) is 19.6 Å². The molecule has 0 bridgehead atoms. The number of nitrogens with one attached hydrogen (secondary N) is 1. The van der Waals surface area contributed by atoms with Crippen LogP contribution in [0, 0.1) is 0 Å². The molecule has 0 saturated carbocycles. The van der Waals surface area contributed by atoms with Crippen LogP contribution >= 0.6 is 0 Å². The second kappa shape index (κ2) is 6.31. The number of fused-ring (bicyclic) bond motifs is 1.